The maximum Gasteiger partial charge on any atom is 0.00979 e. The summed E-state index contributed by atoms with van der Waals surface area (Å²) in [5, 5.41) is 3.72. The number of rotatable bonds is 5. The van der Waals surface area contributed by atoms with Gasteiger partial charge in [0.05, 0.1) is 0 Å². The standard InChI is InChI=1S/C13H27N/c1-5-6-7-8-14-12-10-13(3,4)9-11(12)2/h11-12,14H,5-10H2,1-4H3. The van der Waals surface area contributed by atoms with Crippen LogP contribution < -0.4 is 5.32 Å². The summed E-state index contributed by atoms with van der Waals surface area (Å²) < 4.78 is 0. The van der Waals surface area contributed by atoms with Gasteiger partial charge in [0, 0.05) is 6.04 Å². The van der Waals surface area contributed by atoms with Gasteiger partial charge in [0.1, 0.15) is 0 Å². The summed E-state index contributed by atoms with van der Waals surface area (Å²) in [4.78, 5) is 0. The molecule has 84 valence electrons. The van der Waals surface area contributed by atoms with E-state index in [2.05, 4.69) is 33.0 Å². The Morgan fingerprint density at radius 2 is 1.93 bits per heavy atom. The number of nitrogens with one attached hydrogen (secondary N) is 1. The van der Waals surface area contributed by atoms with Crippen molar-refractivity contribution in [2.45, 2.75) is 65.8 Å². The number of hydrogen-bond donors (Lipinski definition) is 1. The van der Waals surface area contributed by atoms with Gasteiger partial charge in [-0.2, -0.15) is 0 Å². The van der Waals surface area contributed by atoms with E-state index in [4.69, 9.17) is 0 Å². The van der Waals surface area contributed by atoms with Crippen LogP contribution in [0.25, 0.3) is 0 Å². The highest BCUT2D eigenvalue weighted by Crippen LogP contribution is 2.40. The van der Waals surface area contributed by atoms with Gasteiger partial charge in [-0.3, -0.25) is 0 Å². The molecule has 0 amide bonds. The van der Waals surface area contributed by atoms with Crippen molar-refractivity contribution in [3.8, 4) is 0 Å². The maximum absolute atomic E-state index is 3.72. The van der Waals surface area contributed by atoms with Crippen molar-refractivity contribution in [2.24, 2.45) is 11.3 Å². The number of hydrogen-bond acceptors (Lipinski definition) is 1. The van der Waals surface area contributed by atoms with E-state index in [0.717, 1.165) is 12.0 Å². The molecule has 0 heterocycles. The van der Waals surface area contributed by atoms with Gasteiger partial charge in [-0.25, -0.2) is 0 Å². The fourth-order valence-corrected chi connectivity index (χ4v) is 2.83. The molecule has 0 saturated heterocycles. The molecule has 1 aliphatic carbocycles. The second-order valence-corrected chi connectivity index (χ2v) is 5.82. The van der Waals surface area contributed by atoms with Gasteiger partial charge in [-0.05, 0) is 37.1 Å². The Morgan fingerprint density at radius 3 is 2.43 bits per heavy atom. The second kappa shape index (κ2) is 5.16. The molecule has 0 bridgehead atoms. The van der Waals surface area contributed by atoms with E-state index in [-0.39, 0.29) is 0 Å². The SMILES string of the molecule is CCCCCNC1CC(C)(C)CC1C. The molecule has 0 aromatic rings. The summed E-state index contributed by atoms with van der Waals surface area (Å²) in [5.74, 6) is 0.867. The largest absolute Gasteiger partial charge is 0.314 e. The van der Waals surface area contributed by atoms with E-state index < -0.39 is 0 Å². The van der Waals surface area contributed by atoms with Gasteiger partial charge in [0.2, 0.25) is 0 Å². The first-order valence-corrected chi connectivity index (χ1v) is 6.28. The Morgan fingerprint density at radius 1 is 1.21 bits per heavy atom. The molecule has 0 spiro atoms. The third kappa shape index (κ3) is 3.61. The highest BCUT2D eigenvalue weighted by atomic mass is 14.9. The normalized spacial score (nSPS) is 30.9. The van der Waals surface area contributed by atoms with Crippen LogP contribution in [0, 0.1) is 11.3 Å². The smallest absolute Gasteiger partial charge is 0.00979 e. The van der Waals surface area contributed by atoms with Crippen LogP contribution in [0.2, 0.25) is 0 Å². The van der Waals surface area contributed by atoms with E-state index in [1.54, 1.807) is 0 Å². The lowest BCUT2D eigenvalue weighted by Gasteiger charge is -2.18. The van der Waals surface area contributed by atoms with Crippen LogP contribution in [-0.4, -0.2) is 12.6 Å². The molecular formula is C13H27N. The van der Waals surface area contributed by atoms with Crippen molar-refractivity contribution in [1.82, 2.24) is 5.32 Å². The minimum atomic E-state index is 0.571. The molecule has 0 radical (unpaired) electrons. The summed E-state index contributed by atoms with van der Waals surface area (Å²) in [7, 11) is 0. The van der Waals surface area contributed by atoms with Gasteiger partial charge in [-0.15, -0.1) is 0 Å². The Labute approximate surface area is 89.7 Å². The quantitative estimate of drug-likeness (QED) is 0.664. The predicted molar refractivity (Wildman–Crippen MR) is 63.5 cm³/mol. The minimum absolute atomic E-state index is 0.571. The van der Waals surface area contributed by atoms with Crippen LogP contribution >= 0.6 is 0 Å². The van der Waals surface area contributed by atoms with Crippen LogP contribution in [0.4, 0.5) is 0 Å². The molecule has 0 aromatic carbocycles. The molecule has 1 N–H and O–H groups in total. The Balaban J connectivity index is 2.19. The first-order chi connectivity index (χ1) is 6.55. The first-order valence-electron chi connectivity index (χ1n) is 6.28. The summed E-state index contributed by atoms with van der Waals surface area (Å²) in [5.41, 5.74) is 0.571. The molecule has 1 fully saturated rings. The molecule has 2 atom stereocenters. The van der Waals surface area contributed by atoms with Crippen LogP contribution in [0.1, 0.15) is 59.8 Å². The van der Waals surface area contributed by atoms with Crippen LogP contribution in [0.15, 0.2) is 0 Å². The summed E-state index contributed by atoms with van der Waals surface area (Å²) in [6.07, 6.45) is 6.80. The molecule has 1 nitrogen and oxygen atoms in total. The third-order valence-electron chi connectivity index (χ3n) is 3.52. The molecule has 14 heavy (non-hydrogen) atoms. The zero-order valence-electron chi connectivity index (χ0n) is 10.4. The van der Waals surface area contributed by atoms with E-state index in [9.17, 15) is 0 Å². The molecule has 1 rings (SSSR count). The molecular weight excluding hydrogens is 170 g/mol. The topological polar surface area (TPSA) is 12.0 Å². The average Bonchev–Trinajstić information content (AvgIpc) is 2.34. The first kappa shape index (κ1) is 12.0. The molecule has 1 aliphatic rings. The van der Waals surface area contributed by atoms with Crippen molar-refractivity contribution >= 4 is 0 Å². The fourth-order valence-electron chi connectivity index (χ4n) is 2.83. The Hall–Kier alpha value is -0.0400. The summed E-state index contributed by atoms with van der Waals surface area (Å²) in [6.45, 7) is 10.7. The highest BCUT2D eigenvalue weighted by molar-refractivity contribution is 4.90. The lowest BCUT2D eigenvalue weighted by atomic mass is 9.91. The van der Waals surface area contributed by atoms with Crippen molar-refractivity contribution in [2.75, 3.05) is 6.54 Å². The van der Waals surface area contributed by atoms with Crippen LogP contribution in [0.5, 0.6) is 0 Å². The summed E-state index contributed by atoms with van der Waals surface area (Å²) >= 11 is 0. The maximum atomic E-state index is 3.72. The van der Waals surface area contributed by atoms with E-state index in [0.29, 0.717) is 5.41 Å². The van der Waals surface area contributed by atoms with E-state index in [1.165, 1.54) is 38.6 Å². The van der Waals surface area contributed by atoms with Crippen LogP contribution in [0.3, 0.4) is 0 Å². The van der Waals surface area contributed by atoms with Gasteiger partial charge < -0.3 is 5.32 Å². The molecule has 0 aliphatic heterocycles. The third-order valence-corrected chi connectivity index (χ3v) is 3.52. The second-order valence-electron chi connectivity index (χ2n) is 5.82. The van der Waals surface area contributed by atoms with Crippen molar-refractivity contribution in [1.29, 1.82) is 0 Å². The number of unbranched alkanes of at least 4 members (excludes halogenated alkanes) is 2. The predicted octanol–water partition coefficient (Wildman–Crippen LogP) is 3.59. The van der Waals surface area contributed by atoms with Gasteiger partial charge in [-0.1, -0.05) is 40.5 Å². The lowest BCUT2D eigenvalue weighted by molar-refractivity contribution is 0.362. The summed E-state index contributed by atoms with van der Waals surface area (Å²) in [6, 6.07) is 0.779. The van der Waals surface area contributed by atoms with Gasteiger partial charge >= 0.3 is 0 Å². The van der Waals surface area contributed by atoms with Crippen LogP contribution in [-0.2, 0) is 0 Å². The fraction of sp³-hybridized carbons (Fsp3) is 1.00. The molecule has 1 heteroatoms. The van der Waals surface area contributed by atoms with Crippen molar-refractivity contribution in [3.63, 3.8) is 0 Å². The lowest BCUT2D eigenvalue weighted by Crippen LogP contribution is -2.32. The Bertz CT molecular complexity index is 163. The molecule has 2 unspecified atom stereocenters. The zero-order valence-corrected chi connectivity index (χ0v) is 10.4. The van der Waals surface area contributed by atoms with Crippen molar-refractivity contribution in [3.05, 3.63) is 0 Å². The highest BCUT2D eigenvalue weighted by Gasteiger charge is 2.35. The minimum Gasteiger partial charge on any atom is -0.314 e. The zero-order chi connectivity index (χ0) is 10.6. The van der Waals surface area contributed by atoms with Crippen molar-refractivity contribution < 1.29 is 0 Å². The average molecular weight is 197 g/mol. The van der Waals surface area contributed by atoms with E-state index in [1.807, 2.05) is 0 Å². The monoisotopic (exact) mass is 197 g/mol. The van der Waals surface area contributed by atoms with Gasteiger partial charge in [0.15, 0.2) is 0 Å². The molecule has 0 aromatic heterocycles. The van der Waals surface area contributed by atoms with Gasteiger partial charge in [0.25, 0.3) is 0 Å². The molecule has 1 saturated carbocycles. The van der Waals surface area contributed by atoms with E-state index >= 15 is 0 Å². The Kier molecular flexibility index (Phi) is 4.43.